The molecule has 2 amide bonds. The van der Waals surface area contributed by atoms with Crippen LogP contribution in [-0.4, -0.2) is 48.9 Å². The van der Waals surface area contributed by atoms with Crippen LogP contribution in [0.2, 0.25) is 0 Å². The van der Waals surface area contributed by atoms with Gasteiger partial charge in [-0.3, -0.25) is 9.59 Å². The Hall–Kier alpha value is -1.10. The van der Waals surface area contributed by atoms with E-state index in [4.69, 9.17) is 0 Å². The largest absolute Gasteiger partial charge is 0.347 e. The van der Waals surface area contributed by atoms with Crippen LogP contribution in [0.1, 0.15) is 44.9 Å². The molecule has 0 aromatic carbocycles. The maximum absolute atomic E-state index is 11.9. The Morgan fingerprint density at radius 3 is 2.63 bits per heavy atom. The van der Waals surface area contributed by atoms with E-state index < -0.39 is 0 Å². The van der Waals surface area contributed by atoms with Crippen LogP contribution in [0.4, 0.5) is 0 Å². The summed E-state index contributed by atoms with van der Waals surface area (Å²) in [6, 6.07) is 0.489. The zero-order valence-electron chi connectivity index (χ0n) is 11.6. The van der Waals surface area contributed by atoms with E-state index >= 15 is 0 Å². The maximum Gasteiger partial charge on any atom is 0.241 e. The average molecular weight is 267 g/mol. The van der Waals surface area contributed by atoms with Crippen molar-refractivity contribution in [1.82, 2.24) is 15.5 Å². The van der Waals surface area contributed by atoms with Gasteiger partial charge in [-0.15, -0.1) is 0 Å². The first-order valence-corrected chi connectivity index (χ1v) is 7.53. The minimum absolute atomic E-state index is 0.000871. The summed E-state index contributed by atoms with van der Waals surface area (Å²) >= 11 is 0. The van der Waals surface area contributed by atoms with Gasteiger partial charge in [0.15, 0.2) is 0 Å². The van der Waals surface area contributed by atoms with Gasteiger partial charge >= 0.3 is 0 Å². The van der Waals surface area contributed by atoms with Gasteiger partial charge < -0.3 is 15.5 Å². The lowest BCUT2D eigenvalue weighted by Crippen LogP contribution is -2.42. The second-order valence-corrected chi connectivity index (χ2v) is 5.55. The molecule has 2 rings (SSSR count). The third-order valence-corrected chi connectivity index (χ3v) is 4.03. The minimum atomic E-state index is -0.000871. The van der Waals surface area contributed by atoms with Crippen LogP contribution >= 0.6 is 0 Å². The Morgan fingerprint density at radius 1 is 1.16 bits per heavy atom. The van der Waals surface area contributed by atoms with Crippen LogP contribution in [-0.2, 0) is 9.59 Å². The monoisotopic (exact) mass is 267 g/mol. The van der Waals surface area contributed by atoms with Crippen molar-refractivity contribution in [3.63, 3.8) is 0 Å². The number of carbonyl (C=O) groups is 2. The van der Waals surface area contributed by atoms with Crippen molar-refractivity contribution in [3.8, 4) is 0 Å². The average Bonchev–Trinajstić information content (AvgIpc) is 2.96. The molecule has 5 heteroatoms. The molecule has 2 aliphatic rings. The van der Waals surface area contributed by atoms with Crippen LogP contribution in [0.25, 0.3) is 0 Å². The van der Waals surface area contributed by atoms with Crippen molar-refractivity contribution in [2.45, 2.75) is 51.0 Å². The Morgan fingerprint density at radius 2 is 1.95 bits per heavy atom. The first kappa shape index (κ1) is 14.3. The molecule has 5 nitrogen and oxygen atoms in total. The van der Waals surface area contributed by atoms with E-state index in [1.54, 1.807) is 0 Å². The zero-order valence-corrected chi connectivity index (χ0v) is 11.6. The lowest BCUT2D eigenvalue weighted by Gasteiger charge is -2.26. The van der Waals surface area contributed by atoms with Crippen molar-refractivity contribution in [2.24, 2.45) is 0 Å². The van der Waals surface area contributed by atoms with Gasteiger partial charge in [-0.2, -0.15) is 0 Å². The van der Waals surface area contributed by atoms with Gasteiger partial charge in [-0.25, -0.2) is 0 Å². The lowest BCUT2D eigenvalue weighted by molar-refractivity contribution is -0.133. The molecule has 0 saturated carbocycles. The Balaban J connectivity index is 1.58. The molecule has 0 spiro atoms. The molecule has 108 valence electrons. The van der Waals surface area contributed by atoms with Crippen molar-refractivity contribution >= 4 is 11.8 Å². The SMILES string of the molecule is O=C(CCC1CCCN1)NCC(=O)N1CCCCC1. The molecular weight excluding hydrogens is 242 g/mol. The summed E-state index contributed by atoms with van der Waals surface area (Å²) in [4.78, 5) is 25.4. The summed E-state index contributed by atoms with van der Waals surface area (Å²) in [5.41, 5.74) is 0. The fourth-order valence-electron chi connectivity index (χ4n) is 2.83. The fraction of sp³-hybridized carbons (Fsp3) is 0.857. The lowest BCUT2D eigenvalue weighted by atomic mass is 10.1. The number of piperidine rings is 1. The quantitative estimate of drug-likeness (QED) is 0.769. The molecule has 0 radical (unpaired) electrons. The summed E-state index contributed by atoms with van der Waals surface area (Å²) < 4.78 is 0. The van der Waals surface area contributed by atoms with Crippen LogP contribution in [0, 0.1) is 0 Å². The van der Waals surface area contributed by atoms with Crippen molar-refractivity contribution in [2.75, 3.05) is 26.2 Å². The summed E-state index contributed by atoms with van der Waals surface area (Å²) in [6.45, 7) is 2.93. The minimum Gasteiger partial charge on any atom is -0.347 e. The molecule has 2 fully saturated rings. The highest BCUT2D eigenvalue weighted by Gasteiger charge is 2.18. The van der Waals surface area contributed by atoms with E-state index in [0.29, 0.717) is 12.5 Å². The number of amides is 2. The number of likely N-dealkylation sites (tertiary alicyclic amines) is 1. The van der Waals surface area contributed by atoms with E-state index in [1.807, 2.05) is 4.90 Å². The highest BCUT2D eigenvalue weighted by Crippen LogP contribution is 2.10. The van der Waals surface area contributed by atoms with E-state index in [0.717, 1.165) is 38.9 Å². The third kappa shape index (κ3) is 4.82. The standard InChI is InChI=1S/C14H25N3O2/c18-13(7-6-12-5-4-8-15-12)16-11-14(19)17-9-2-1-3-10-17/h12,15H,1-11H2,(H,16,18). The van der Waals surface area contributed by atoms with Gasteiger partial charge in [-0.1, -0.05) is 0 Å². The van der Waals surface area contributed by atoms with Gasteiger partial charge in [0.05, 0.1) is 6.54 Å². The summed E-state index contributed by atoms with van der Waals surface area (Å²) in [5.74, 6) is 0.0612. The second kappa shape index (κ2) is 7.48. The van der Waals surface area contributed by atoms with E-state index in [1.165, 1.54) is 19.3 Å². The number of hydrogen-bond donors (Lipinski definition) is 2. The molecule has 19 heavy (non-hydrogen) atoms. The fourth-order valence-corrected chi connectivity index (χ4v) is 2.83. The van der Waals surface area contributed by atoms with Crippen molar-refractivity contribution in [3.05, 3.63) is 0 Å². The van der Waals surface area contributed by atoms with Crippen LogP contribution < -0.4 is 10.6 Å². The molecule has 2 heterocycles. The highest BCUT2D eigenvalue weighted by atomic mass is 16.2. The van der Waals surface area contributed by atoms with Crippen molar-refractivity contribution in [1.29, 1.82) is 0 Å². The Labute approximate surface area is 115 Å². The molecule has 2 aliphatic heterocycles. The summed E-state index contributed by atoms with van der Waals surface area (Å²) in [5, 5.41) is 6.12. The zero-order chi connectivity index (χ0) is 13.5. The highest BCUT2D eigenvalue weighted by molar-refractivity contribution is 5.84. The first-order valence-electron chi connectivity index (χ1n) is 7.53. The van der Waals surface area contributed by atoms with Gasteiger partial charge in [0.25, 0.3) is 0 Å². The molecule has 0 aromatic rings. The predicted molar refractivity (Wildman–Crippen MR) is 73.7 cm³/mol. The van der Waals surface area contributed by atoms with Gasteiger partial charge in [0.2, 0.25) is 11.8 Å². The number of rotatable bonds is 5. The van der Waals surface area contributed by atoms with Gasteiger partial charge in [-0.05, 0) is 45.1 Å². The molecule has 1 unspecified atom stereocenters. The number of nitrogens with zero attached hydrogens (tertiary/aromatic N) is 1. The first-order chi connectivity index (χ1) is 9.25. The van der Waals surface area contributed by atoms with E-state index in [2.05, 4.69) is 10.6 Å². The number of nitrogens with one attached hydrogen (secondary N) is 2. The van der Waals surface area contributed by atoms with Crippen LogP contribution in [0.15, 0.2) is 0 Å². The third-order valence-electron chi connectivity index (χ3n) is 4.03. The maximum atomic E-state index is 11.9. The van der Waals surface area contributed by atoms with Gasteiger partial charge in [0, 0.05) is 25.6 Å². The van der Waals surface area contributed by atoms with Crippen molar-refractivity contribution < 1.29 is 9.59 Å². The molecule has 1 atom stereocenters. The van der Waals surface area contributed by atoms with E-state index in [-0.39, 0.29) is 18.4 Å². The van der Waals surface area contributed by atoms with Crippen LogP contribution in [0.5, 0.6) is 0 Å². The molecule has 2 saturated heterocycles. The number of carbonyl (C=O) groups excluding carboxylic acids is 2. The second-order valence-electron chi connectivity index (χ2n) is 5.55. The molecule has 2 N–H and O–H groups in total. The van der Waals surface area contributed by atoms with Gasteiger partial charge in [0.1, 0.15) is 0 Å². The Kier molecular flexibility index (Phi) is 5.63. The molecular formula is C14H25N3O2. The molecule has 0 aromatic heterocycles. The predicted octanol–water partition coefficient (Wildman–Crippen LogP) is 0.647. The van der Waals surface area contributed by atoms with E-state index in [9.17, 15) is 9.59 Å². The molecule has 0 aliphatic carbocycles. The van der Waals surface area contributed by atoms with Crippen LogP contribution in [0.3, 0.4) is 0 Å². The number of hydrogen-bond acceptors (Lipinski definition) is 3. The summed E-state index contributed by atoms with van der Waals surface area (Å²) in [7, 11) is 0. The Bertz CT molecular complexity index is 308. The summed E-state index contributed by atoms with van der Waals surface area (Å²) in [6.07, 6.45) is 7.17. The molecule has 0 bridgehead atoms. The smallest absolute Gasteiger partial charge is 0.241 e. The normalized spacial score (nSPS) is 23.4. The topological polar surface area (TPSA) is 61.4 Å².